The van der Waals surface area contributed by atoms with E-state index in [0.29, 0.717) is 17.7 Å². The molecule has 0 fully saturated rings. The second kappa shape index (κ2) is 15.0. The standard InChI is InChI=1S/C63H39N7/c1-2-16-40(17-3-1)41-30-32-42(33-31-41)61-64-62(69-57-28-14-8-22-49(57)51-38-43(34-36-59(51)69)67-53-24-10-4-18-45(53)46-19-5-11-25-54(46)67)66-63(65-61)70-58-29-15-9-23-50(58)52-39-44(35-37-60(52)70)68-55-26-12-6-20-47(55)48-21-7-13-27-56(48)68/h1-39H. The average molecular weight is 894 g/mol. The number of fused-ring (bicyclic) bond motifs is 12. The topological polar surface area (TPSA) is 58.4 Å². The third kappa shape index (κ3) is 5.66. The monoisotopic (exact) mass is 893 g/mol. The molecule has 0 saturated heterocycles. The number of hydrogen-bond donors (Lipinski definition) is 0. The van der Waals surface area contributed by atoms with E-state index in [2.05, 4.69) is 249 Å². The Labute approximate surface area is 401 Å². The molecule has 70 heavy (non-hydrogen) atoms. The van der Waals surface area contributed by atoms with Crippen molar-refractivity contribution in [2.75, 3.05) is 0 Å². The van der Waals surface area contributed by atoms with Crippen molar-refractivity contribution in [3.8, 4) is 45.8 Å². The van der Waals surface area contributed by atoms with Crippen LogP contribution in [0, 0.1) is 0 Å². The summed E-state index contributed by atoms with van der Waals surface area (Å²) >= 11 is 0. The molecule has 10 aromatic carbocycles. The van der Waals surface area contributed by atoms with Crippen LogP contribution in [-0.2, 0) is 0 Å². The number of rotatable bonds is 6. The number of hydrogen-bond acceptors (Lipinski definition) is 3. The summed E-state index contributed by atoms with van der Waals surface area (Å²) in [5, 5.41) is 9.38. The molecular weight excluding hydrogens is 855 g/mol. The van der Waals surface area contributed by atoms with Crippen molar-refractivity contribution >= 4 is 87.2 Å². The van der Waals surface area contributed by atoms with Gasteiger partial charge in [0.1, 0.15) is 0 Å². The molecule has 7 heteroatoms. The lowest BCUT2D eigenvalue weighted by Crippen LogP contribution is -2.10. The fourth-order valence-corrected chi connectivity index (χ4v) is 11.2. The molecule has 0 saturated carbocycles. The van der Waals surface area contributed by atoms with E-state index in [1.165, 1.54) is 43.6 Å². The molecule has 0 atom stereocenters. The van der Waals surface area contributed by atoms with Gasteiger partial charge in [0.25, 0.3) is 0 Å². The quantitative estimate of drug-likeness (QED) is 0.167. The molecule has 7 nitrogen and oxygen atoms in total. The Hall–Kier alpha value is -9.59. The Morgan fingerprint density at radius 3 is 0.914 bits per heavy atom. The van der Waals surface area contributed by atoms with E-state index >= 15 is 0 Å². The lowest BCUT2D eigenvalue weighted by molar-refractivity contribution is 0.892. The minimum Gasteiger partial charge on any atom is -0.309 e. The third-order valence-electron chi connectivity index (χ3n) is 14.3. The molecule has 0 radical (unpaired) electrons. The number of benzene rings is 10. The van der Waals surface area contributed by atoms with Gasteiger partial charge in [0, 0.05) is 60.0 Å². The van der Waals surface area contributed by atoms with E-state index in [-0.39, 0.29) is 0 Å². The second-order valence-electron chi connectivity index (χ2n) is 18.0. The smallest absolute Gasteiger partial charge is 0.240 e. The van der Waals surface area contributed by atoms with Gasteiger partial charge in [0.15, 0.2) is 5.82 Å². The van der Waals surface area contributed by atoms with Crippen LogP contribution >= 0.6 is 0 Å². The first-order chi connectivity index (χ1) is 34.7. The van der Waals surface area contributed by atoms with E-state index in [1.807, 2.05) is 6.07 Å². The molecule has 15 rings (SSSR count). The van der Waals surface area contributed by atoms with Crippen molar-refractivity contribution in [2.45, 2.75) is 0 Å². The largest absolute Gasteiger partial charge is 0.309 e. The zero-order valence-corrected chi connectivity index (χ0v) is 37.6. The van der Waals surface area contributed by atoms with E-state index in [0.717, 1.165) is 71.7 Å². The van der Waals surface area contributed by atoms with E-state index < -0.39 is 0 Å². The minimum atomic E-state index is 0.538. The normalized spacial score (nSPS) is 12.0. The Kier molecular flexibility index (Phi) is 8.23. The summed E-state index contributed by atoms with van der Waals surface area (Å²) in [5.74, 6) is 1.66. The van der Waals surface area contributed by atoms with E-state index in [1.54, 1.807) is 0 Å². The average Bonchev–Trinajstić information content (AvgIpc) is 4.16. The van der Waals surface area contributed by atoms with Crippen molar-refractivity contribution < 1.29 is 0 Å². The highest BCUT2D eigenvalue weighted by atomic mass is 15.3. The van der Waals surface area contributed by atoms with E-state index in [9.17, 15) is 0 Å². The minimum absolute atomic E-state index is 0.538. The van der Waals surface area contributed by atoms with Crippen molar-refractivity contribution in [3.05, 3.63) is 237 Å². The summed E-state index contributed by atoms with van der Waals surface area (Å²) in [4.78, 5) is 16.3. The fourth-order valence-electron chi connectivity index (χ4n) is 11.2. The summed E-state index contributed by atoms with van der Waals surface area (Å²) in [6.45, 7) is 0. The number of para-hydroxylation sites is 6. The molecule has 0 N–H and O–H groups in total. The molecule has 0 bridgehead atoms. The van der Waals surface area contributed by atoms with Gasteiger partial charge in [-0.2, -0.15) is 15.0 Å². The van der Waals surface area contributed by atoms with Gasteiger partial charge in [-0.1, -0.05) is 164 Å². The maximum atomic E-state index is 5.51. The Balaban J connectivity index is 0.970. The molecule has 0 spiro atoms. The molecule has 15 aromatic rings. The molecule has 0 aliphatic heterocycles. The van der Waals surface area contributed by atoms with Crippen LogP contribution in [-0.4, -0.2) is 33.2 Å². The predicted octanol–water partition coefficient (Wildman–Crippen LogP) is 15.6. The first-order valence-electron chi connectivity index (χ1n) is 23.7. The van der Waals surface area contributed by atoms with Crippen LogP contribution in [0.1, 0.15) is 0 Å². The summed E-state index contributed by atoms with van der Waals surface area (Å²) in [6, 6.07) is 84.4. The van der Waals surface area contributed by atoms with Crippen LogP contribution in [0.15, 0.2) is 237 Å². The van der Waals surface area contributed by atoms with Gasteiger partial charge in [0.05, 0.1) is 44.1 Å². The third-order valence-corrected chi connectivity index (χ3v) is 14.3. The van der Waals surface area contributed by atoms with Crippen LogP contribution in [0.3, 0.4) is 0 Å². The predicted molar refractivity (Wildman–Crippen MR) is 288 cm³/mol. The van der Waals surface area contributed by atoms with Crippen LogP contribution in [0.2, 0.25) is 0 Å². The van der Waals surface area contributed by atoms with Crippen molar-refractivity contribution in [3.63, 3.8) is 0 Å². The summed E-state index contributed by atoms with van der Waals surface area (Å²) < 4.78 is 9.18. The van der Waals surface area contributed by atoms with Crippen molar-refractivity contribution in [1.82, 2.24) is 33.2 Å². The SMILES string of the molecule is c1ccc(-c2ccc(-c3nc(-n4c5ccccc5c5cc(-n6c7ccccc7c7ccccc76)ccc54)nc(-n4c5ccccc5c5cc(-n6c7ccccc7c7ccccc76)ccc54)n3)cc2)cc1. The van der Waals surface area contributed by atoms with E-state index in [4.69, 9.17) is 15.0 Å². The first-order valence-corrected chi connectivity index (χ1v) is 23.7. The molecule has 5 aromatic heterocycles. The van der Waals surface area contributed by atoms with Crippen LogP contribution < -0.4 is 0 Å². The first kappa shape index (κ1) is 38.5. The summed E-state index contributed by atoms with van der Waals surface area (Å²) in [5.41, 5.74) is 14.1. The molecule has 5 heterocycles. The van der Waals surface area contributed by atoms with Gasteiger partial charge in [-0.3, -0.25) is 9.13 Å². The second-order valence-corrected chi connectivity index (χ2v) is 18.0. The highest BCUT2D eigenvalue weighted by Gasteiger charge is 2.23. The van der Waals surface area contributed by atoms with Crippen molar-refractivity contribution in [1.29, 1.82) is 0 Å². The molecule has 0 amide bonds. The lowest BCUT2D eigenvalue weighted by Gasteiger charge is -2.13. The van der Waals surface area contributed by atoms with Crippen LogP contribution in [0.4, 0.5) is 0 Å². The molecule has 0 aliphatic carbocycles. The zero-order chi connectivity index (χ0) is 45.9. The molecule has 0 aliphatic rings. The summed E-state index contributed by atoms with van der Waals surface area (Å²) in [7, 11) is 0. The van der Waals surface area contributed by atoms with Gasteiger partial charge in [-0.25, -0.2) is 0 Å². The Morgan fingerprint density at radius 2 is 0.514 bits per heavy atom. The van der Waals surface area contributed by atoms with Gasteiger partial charge < -0.3 is 9.13 Å². The van der Waals surface area contributed by atoms with Gasteiger partial charge in [-0.05, 0) is 83.9 Å². The van der Waals surface area contributed by atoms with Crippen LogP contribution in [0.5, 0.6) is 0 Å². The zero-order valence-electron chi connectivity index (χ0n) is 37.6. The number of aromatic nitrogens is 7. The maximum Gasteiger partial charge on any atom is 0.240 e. The molecular formula is C63H39N7. The lowest BCUT2D eigenvalue weighted by atomic mass is 10.0. The Bertz CT molecular complexity index is 4230. The van der Waals surface area contributed by atoms with Crippen LogP contribution in [0.25, 0.3) is 133 Å². The molecule has 326 valence electrons. The van der Waals surface area contributed by atoms with Crippen molar-refractivity contribution in [2.24, 2.45) is 0 Å². The van der Waals surface area contributed by atoms with Gasteiger partial charge >= 0.3 is 0 Å². The summed E-state index contributed by atoms with van der Waals surface area (Å²) in [6.07, 6.45) is 0. The molecule has 0 unspecified atom stereocenters. The highest BCUT2D eigenvalue weighted by Crippen LogP contribution is 2.40. The van der Waals surface area contributed by atoms with Gasteiger partial charge in [0.2, 0.25) is 11.9 Å². The number of nitrogens with zero attached hydrogens (tertiary/aromatic N) is 7. The maximum absolute atomic E-state index is 5.51. The highest BCUT2D eigenvalue weighted by molar-refractivity contribution is 6.14. The Morgan fingerprint density at radius 1 is 0.214 bits per heavy atom. The van der Waals surface area contributed by atoms with Gasteiger partial charge in [-0.15, -0.1) is 0 Å². The fraction of sp³-hybridized carbons (Fsp3) is 0.